The smallest absolute Gasteiger partial charge is 0.0542 e. The van der Waals surface area contributed by atoms with Crippen LogP contribution in [0.5, 0.6) is 0 Å². The van der Waals surface area contributed by atoms with Crippen LogP contribution < -0.4 is 4.90 Å². The lowest BCUT2D eigenvalue weighted by molar-refractivity contribution is 0.419. The van der Waals surface area contributed by atoms with Gasteiger partial charge in [0.2, 0.25) is 0 Å². The lowest BCUT2D eigenvalue weighted by atomic mass is 9.77. The largest absolute Gasteiger partial charge is 0.310 e. The molecule has 1 aromatic heterocycles. The van der Waals surface area contributed by atoms with Crippen LogP contribution in [0.3, 0.4) is 0 Å². The van der Waals surface area contributed by atoms with Crippen LogP contribution in [0.2, 0.25) is 0 Å². The average molecular weight is 783 g/mol. The molecule has 0 N–H and O–H groups in total. The van der Waals surface area contributed by atoms with Crippen LogP contribution in [0.25, 0.3) is 71.6 Å². The summed E-state index contributed by atoms with van der Waals surface area (Å²) in [5.41, 5.74) is 16.3. The molecule has 1 heterocycles. The van der Waals surface area contributed by atoms with Crippen molar-refractivity contribution in [2.24, 2.45) is 5.92 Å². The van der Waals surface area contributed by atoms with Gasteiger partial charge in [0.1, 0.15) is 0 Å². The maximum absolute atomic E-state index is 2.42. The van der Waals surface area contributed by atoms with Crippen molar-refractivity contribution in [2.45, 2.75) is 37.5 Å². The minimum Gasteiger partial charge on any atom is -0.310 e. The van der Waals surface area contributed by atoms with E-state index in [4.69, 9.17) is 0 Å². The molecule has 9 aromatic carbocycles. The van der Waals surface area contributed by atoms with Gasteiger partial charge in [0.25, 0.3) is 0 Å². The lowest BCUT2D eigenvalue weighted by Crippen LogP contribution is -2.19. The molecular weight excluding hydrogens is 737 g/mol. The summed E-state index contributed by atoms with van der Waals surface area (Å²) in [7, 11) is 0. The van der Waals surface area contributed by atoms with E-state index < -0.39 is 0 Å². The highest BCUT2D eigenvalue weighted by molar-refractivity contribution is 6.11. The number of rotatable bonds is 8. The second-order valence-electron chi connectivity index (χ2n) is 17.4. The van der Waals surface area contributed by atoms with E-state index in [0.717, 1.165) is 28.7 Å². The number of fused-ring (bicyclic) bond motifs is 6. The van der Waals surface area contributed by atoms with E-state index in [0.29, 0.717) is 5.41 Å². The summed E-state index contributed by atoms with van der Waals surface area (Å²) >= 11 is 0. The molecule has 0 amide bonds. The number of nitrogens with zero attached hydrogens (tertiary/aromatic N) is 2. The van der Waals surface area contributed by atoms with Crippen LogP contribution >= 0.6 is 0 Å². The Labute approximate surface area is 358 Å². The van der Waals surface area contributed by atoms with Crippen LogP contribution in [0.15, 0.2) is 212 Å². The van der Waals surface area contributed by atoms with Crippen molar-refractivity contribution < 1.29 is 0 Å². The minimum absolute atomic E-state index is 0.426. The molecule has 0 aliphatic heterocycles. The number of benzene rings is 9. The van der Waals surface area contributed by atoms with Crippen LogP contribution in [0, 0.1) is 5.92 Å². The molecule has 2 saturated carbocycles. The zero-order valence-electron chi connectivity index (χ0n) is 34.2. The average Bonchev–Trinajstić information content (AvgIpc) is 4.05. The van der Waals surface area contributed by atoms with Gasteiger partial charge < -0.3 is 9.47 Å². The first-order valence-electron chi connectivity index (χ1n) is 22.0. The molecule has 0 saturated heterocycles. The minimum atomic E-state index is 0.426. The van der Waals surface area contributed by atoms with Crippen molar-refractivity contribution in [3.63, 3.8) is 0 Å². The summed E-state index contributed by atoms with van der Waals surface area (Å²) < 4.78 is 2.39. The summed E-state index contributed by atoms with van der Waals surface area (Å²) in [6.07, 6.45) is 6.91. The van der Waals surface area contributed by atoms with E-state index in [1.165, 1.54) is 98.1 Å². The van der Waals surface area contributed by atoms with Gasteiger partial charge in [0.15, 0.2) is 0 Å². The maximum Gasteiger partial charge on any atom is 0.0542 e. The lowest BCUT2D eigenvalue weighted by Gasteiger charge is -2.27. The Bertz CT molecular complexity index is 3180. The van der Waals surface area contributed by atoms with E-state index in [1.54, 1.807) is 5.56 Å². The van der Waals surface area contributed by atoms with Crippen molar-refractivity contribution in [1.82, 2.24) is 4.57 Å². The summed E-state index contributed by atoms with van der Waals surface area (Å²) in [5, 5.41) is 5.00. The molecule has 0 atom stereocenters. The Kier molecular flexibility index (Phi) is 8.52. The number of para-hydroxylation sites is 2. The van der Waals surface area contributed by atoms with Gasteiger partial charge in [0.05, 0.1) is 11.0 Å². The van der Waals surface area contributed by atoms with Gasteiger partial charge in [-0.25, -0.2) is 0 Å². The first-order chi connectivity index (χ1) is 30.2. The van der Waals surface area contributed by atoms with Crippen molar-refractivity contribution in [3.05, 3.63) is 218 Å². The fourth-order valence-corrected chi connectivity index (χ4v) is 11.0. The second-order valence-corrected chi connectivity index (χ2v) is 17.4. The molecule has 2 heteroatoms. The number of hydrogen-bond acceptors (Lipinski definition) is 1. The van der Waals surface area contributed by atoms with Crippen molar-refractivity contribution in [3.8, 4) is 39.1 Å². The molecule has 0 radical (unpaired) electrons. The molecular formula is C59H46N2. The molecule has 0 unspecified atom stereocenters. The van der Waals surface area contributed by atoms with Gasteiger partial charge in [-0.05, 0) is 154 Å². The Hall–Kier alpha value is -7.16. The number of anilines is 3. The van der Waals surface area contributed by atoms with Gasteiger partial charge in [-0.3, -0.25) is 0 Å². The zero-order chi connectivity index (χ0) is 40.3. The highest BCUT2D eigenvalue weighted by atomic mass is 15.1. The van der Waals surface area contributed by atoms with Crippen LogP contribution in [-0.2, 0) is 5.41 Å². The number of hydrogen-bond donors (Lipinski definition) is 0. The van der Waals surface area contributed by atoms with Crippen LogP contribution in [0.4, 0.5) is 17.1 Å². The van der Waals surface area contributed by atoms with Crippen molar-refractivity contribution >= 4 is 49.6 Å². The van der Waals surface area contributed by atoms with Crippen molar-refractivity contribution in [2.75, 3.05) is 4.90 Å². The third-order valence-corrected chi connectivity index (χ3v) is 14.1. The summed E-state index contributed by atoms with van der Waals surface area (Å²) in [5.74, 6) is 0.945. The Balaban J connectivity index is 0.966. The highest BCUT2D eigenvalue weighted by Crippen LogP contribution is 2.55. The van der Waals surface area contributed by atoms with Gasteiger partial charge >= 0.3 is 0 Å². The van der Waals surface area contributed by atoms with E-state index >= 15 is 0 Å². The van der Waals surface area contributed by atoms with Gasteiger partial charge in [-0.1, -0.05) is 152 Å². The SMILES string of the molecule is c1ccc(-c2cccc3cccc(-c4ccc(N(c5ccc(-c6ccc(C78CCC(CC7)C8)cc6)cc5)c5ccc6c(c5)c5ccccc5n6-c5ccccc5)cc4)c23)cc1. The monoisotopic (exact) mass is 782 g/mol. The first-order valence-corrected chi connectivity index (χ1v) is 22.0. The summed E-state index contributed by atoms with van der Waals surface area (Å²) in [6, 6.07) is 78.4. The molecule has 2 aliphatic carbocycles. The summed E-state index contributed by atoms with van der Waals surface area (Å²) in [4.78, 5) is 2.42. The first kappa shape index (κ1) is 35.8. The molecule has 61 heavy (non-hydrogen) atoms. The molecule has 12 rings (SSSR count). The molecule has 2 nitrogen and oxygen atoms in total. The summed E-state index contributed by atoms with van der Waals surface area (Å²) in [6.45, 7) is 0. The van der Waals surface area contributed by atoms with E-state index in [9.17, 15) is 0 Å². The maximum atomic E-state index is 2.42. The topological polar surface area (TPSA) is 8.17 Å². The standard InChI is InChI=1S/C59H46N2/c1-3-11-44(12-4-1)52-18-9-13-46-14-10-19-53(58(46)52)45-25-31-50(32-26-45)60(49-29-23-43(24-30-49)42-21-27-47(28-22-42)59-37-35-41(40-59)36-38-59)51-33-34-57-55(39-51)54-17-7-8-20-56(54)61(57)48-15-5-2-6-16-48/h1-34,39,41H,35-38,40H2. The molecule has 292 valence electrons. The predicted molar refractivity (Wildman–Crippen MR) is 258 cm³/mol. The van der Waals surface area contributed by atoms with E-state index in [2.05, 4.69) is 222 Å². The molecule has 2 fully saturated rings. The zero-order valence-corrected chi connectivity index (χ0v) is 34.2. The fourth-order valence-electron chi connectivity index (χ4n) is 11.0. The van der Waals surface area contributed by atoms with Crippen molar-refractivity contribution in [1.29, 1.82) is 0 Å². The third kappa shape index (κ3) is 6.08. The van der Waals surface area contributed by atoms with E-state index in [-0.39, 0.29) is 0 Å². The van der Waals surface area contributed by atoms with Crippen LogP contribution in [-0.4, -0.2) is 4.57 Å². The molecule has 10 aromatic rings. The quantitative estimate of drug-likeness (QED) is 0.149. The highest BCUT2D eigenvalue weighted by Gasteiger charge is 2.45. The van der Waals surface area contributed by atoms with Crippen LogP contribution in [0.1, 0.15) is 37.7 Å². The van der Waals surface area contributed by atoms with Gasteiger partial charge in [0, 0.05) is 33.5 Å². The second kappa shape index (κ2) is 14.5. The third-order valence-electron chi connectivity index (χ3n) is 14.1. The molecule has 2 aliphatic rings. The fraction of sp³-hybridized carbons (Fsp3) is 0.119. The molecule has 0 spiro atoms. The van der Waals surface area contributed by atoms with E-state index in [1.807, 2.05) is 0 Å². The Morgan fingerprint density at radius 3 is 1.61 bits per heavy atom. The molecule has 2 bridgehead atoms. The Morgan fingerprint density at radius 1 is 0.426 bits per heavy atom. The van der Waals surface area contributed by atoms with Gasteiger partial charge in [-0.2, -0.15) is 0 Å². The Morgan fingerprint density at radius 2 is 0.967 bits per heavy atom. The van der Waals surface area contributed by atoms with Gasteiger partial charge in [-0.15, -0.1) is 0 Å². The normalized spacial score (nSPS) is 17.1. The number of aromatic nitrogens is 1. The predicted octanol–water partition coefficient (Wildman–Crippen LogP) is 16.2.